The van der Waals surface area contributed by atoms with Crippen molar-refractivity contribution in [1.29, 1.82) is 0 Å². The van der Waals surface area contributed by atoms with Gasteiger partial charge in [-0.2, -0.15) is 8.78 Å². The standard InChI is InChI=1S/C21H26F2N2S/c1-2-3-4-15-5-7-16(8-6-15)18-13-24-20(25-14-18)17-9-11-19(12-10-17)26-21(22)23/h9-16,21H,2-8H2,1H3. The summed E-state index contributed by atoms with van der Waals surface area (Å²) in [5.74, 6) is -0.268. The van der Waals surface area contributed by atoms with Gasteiger partial charge in [0.2, 0.25) is 0 Å². The molecule has 1 aromatic carbocycles. The van der Waals surface area contributed by atoms with E-state index in [1.165, 1.54) is 50.5 Å². The number of nitrogens with zero attached hydrogens (tertiary/aromatic N) is 2. The minimum absolute atomic E-state index is 0.554. The Bertz CT molecular complexity index is 665. The second-order valence-corrected chi connectivity index (χ2v) is 8.17. The Morgan fingerprint density at radius 1 is 1.04 bits per heavy atom. The summed E-state index contributed by atoms with van der Waals surface area (Å²) in [6, 6.07) is 7.00. The fraction of sp³-hybridized carbons (Fsp3) is 0.524. The molecule has 0 spiro atoms. The molecule has 0 saturated heterocycles. The van der Waals surface area contributed by atoms with Crippen molar-refractivity contribution in [3.63, 3.8) is 0 Å². The molecule has 2 aromatic rings. The highest BCUT2D eigenvalue weighted by Crippen LogP contribution is 2.37. The molecule has 0 radical (unpaired) electrons. The molecule has 0 bridgehead atoms. The van der Waals surface area contributed by atoms with Crippen molar-refractivity contribution >= 4 is 11.8 Å². The predicted octanol–water partition coefficient (Wildman–Crippen LogP) is 6.92. The van der Waals surface area contributed by atoms with Crippen LogP contribution in [0, 0.1) is 5.92 Å². The van der Waals surface area contributed by atoms with Crippen molar-refractivity contribution in [1.82, 2.24) is 9.97 Å². The highest BCUT2D eigenvalue weighted by Gasteiger charge is 2.22. The van der Waals surface area contributed by atoms with Crippen molar-refractivity contribution in [2.24, 2.45) is 5.92 Å². The first-order valence-electron chi connectivity index (χ1n) is 9.53. The van der Waals surface area contributed by atoms with Gasteiger partial charge >= 0.3 is 0 Å². The van der Waals surface area contributed by atoms with E-state index >= 15 is 0 Å². The van der Waals surface area contributed by atoms with Gasteiger partial charge in [-0.1, -0.05) is 50.1 Å². The zero-order valence-electron chi connectivity index (χ0n) is 15.2. The van der Waals surface area contributed by atoms with Crippen LogP contribution in [0.3, 0.4) is 0 Å². The maximum Gasteiger partial charge on any atom is 0.288 e. The number of thioether (sulfide) groups is 1. The number of hydrogen-bond acceptors (Lipinski definition) is 3. The Kier molecular flexibility index (Phi) is 7.00. The van der Waals surface area contributed by atoms with Gasteiger partial charge in [0.05, 0.1) is 0 Å². The summed E-state index contributed by atoms with van der Waals surface area (Å²) in [4.78, 5) is 9.59. The van der Waals surface area contributed by atoms with Crippen LogP contribution in [-0.2, 0) is 0 Å². The van der Waals surface area contributed by atoms with Crippen molar-refractivity contribution in [3.05, 3.63) is 42.2 Å². The van der Waals surface area contributed by atoms with Crippen LogP contribution in [0.1, 0.15) is 63.4 Å². The second-order valence-electron chi connectivity index (χ2n) is 7.10. The van der Waals surface area contributed by atoms with Crippen LogP contribution in [0.2, 0.25) is 0 Å². The van der Waals surface area contributed by atoms with Gasteiger partial charge in [-0.3, -0.25) is 0 Å². The van der Waals surface area contributed by atoms with Crippen LogP contribution in [0.5, 0.6) is 0 Å². The fourth-order valence-corrected chi connectivity index (χ4v) is 4.26. The Hall–Kier alpha value is -1.49. The van der Waals surface area contributed by atoms with Crippen LogP contribution in [0.4, 0.5) is 8.78 Å². The zero-order chi connectivity index (χ0) is 18.4. The van der Waals surface area contributed by atoms with Crippen LogP contribution in [-0.4, -0.2) is 15.7 Å². The number of alkyl halides is 2. The lowest BCUT2D eigenvalue weighted by Gasteiger charge is -2.28. The van der Waals surface area contributed by atoms with E-state index in [2.05, 4.69) is 16.9 Å². The molecular weight excluding hydrogens is 350 g/mol. The van der Waals surface area contributed by atoms with Crippen LogP contribution in [0.15, 0.2) is 41.6 Å². The van der Waals surface area contributed by atoms with Gasteiger partial charge in [-0.05, 0) is 55.2 Å². The van der Waals surface area contributed by atoms with Crippen LogP contribution < -0.4 is 0 Å². The van der Waals surface area contributed by atoms with Gasteiger partial charge in [0.25, 0.3) is 5.76 Å². The molecule has 0 unspecified atom stereocenters. The molecule has 0 atom stereocenters. The highest BCUT2D eigenvalue weighted by molar-refractivity contribution is 7.99. The number of rotatable bonds is 7. The van der Waals surface area contributed by atoms with Crippen molar-refractivity contribution in [2.75, 3.05) is 0 Å². The minimum Gasteiger partial charge on any atom is -0.236 e. The van der Waals surface area contributed by atoms with Crippen molar-refractivity contribution in [3.8, 4) is 11.4 Å². The third kappa shape index (κ3) is 5.26. The first-order valence-corrected chi connectivity index (χ1v) is 10.4. The summed E-state index contributed by atoms with van der Waals surface area (Å²) < 4.78 is 24.8. The van der Waals surface area contributed by atoms with Gasteiger partial charge in [0.15, 0.2) is 5.82 Å². The average molecular weight is 377 g/mol. The topological polar surface area (TPSA) is 25.8 Å². The summed E-state index contributed by atoms with van der Waals surface area (Å²) in [6.07, 6.45) is 13.0. The molecule has 26 heavy (non-hydrogen) atoms. The summed E-state index contributed by atoms with van der Waals surface area (Å²) in [6.45, 7) is 2.26. The van der Waals surface area contributed by atoms with Crippen molar-refractivity contribution in [2.45, 2.75) is 68.4 Å². The highest BCUT2D eigenvalue weighted by atomic mass is 32.2. The van der Waals surface area contributed by atoms with Gasteiger partial charge in [0, 0.05) is 22.9 Å². The molecule has 1 fully saturated rings. The first-order chi connectivity index (χ1) is 12.7. The van der Waals surface area contributed by atoms with E-state index in [0.29, 0.717) is 28.4 Å². The molecule has 1 aromatic heterocycles. The van der Waals surface area contributed by atoms with Crippen LogP contribution in [0.25, 0.3) is 11.4 Å². The van der Waals surface area contributed by atoms with E-state index in [0.717, 1.165) is 11.5 Å². The summed E-state index contributed by atoms with van der Waals surface area (Å²) in [5.41, 5.74) is 2.09. The number of hydrogen-bond donors (Lipinski definition) is 0. The lowest BCUT2D eigenvalue weighted by atomic mass is 9.78. The maximum absolute atomic E-state index is 12.4. The Morgan fingerprint density at radius 3 is 2.27 bits per heavy atom. The minimum atomic E-state index is -2.39. The summed E-state index contributed by atoms with van der Waals surface area (Å²) >= 11 is 0.554. The normalized spacial score (nSPS) is 20.5. The third-order valence-corrected chi connectivity index (χ3v) is 6.02. The second kappa shape index (κ2) is 9.45. The molecule has 3 rings (SSSR count). The molecule has 0 aliphatic heterocycles. The SMILES string of the molecule is CCCCC1CCC(c2cnc(-c3ccc(SC(F)F)cc3)nc2)CC1. The number of unbranched alkanes of at least 4 members (excludes halogenated alkanes) is 1. The third-order valence-electron chi connectivity index (χ3n) is 5.29. The quantitative estimate of drug-likeness (QED) is 0.490. The lowest BCUT2D eigenvalue weighted by Crippen LogP contribution is -2.13. The van der Waals surface area contributed by atoms with Gasteiger partial charge in [-0.25, -0.2) is 9.97 Å². The molecule has 1 heterocycles. The molecule has 5 heteroatoms. The van der Waals surface area contributed by atoms with E-state index in [4.69, 9.17) is 0 Å². The number of aromatic nitrogens is 2. The van der Waals surface area contributed by atoms with Gasteiger partial charge in [-0.15, -0.1) is 0 Å². The summed E-state index contributed by atoms with van der Waals surface area (Å²) in [5, 5.41) is 0. The molecule has 1 saturated carbocycles. The van der Waals surface area contributed by atoms with E-state index in [1.807, 2.05) is 12.4 Å². The Morgan fingerprint density at radius 2 is 1.69 bits per heavy atom. The van der Waals surface area contributed by atoms with Crippen molar-refractivity contribution < 1.29 is 8.78 Å². The van der Waals surface area contributed by atoms with Crippen LogP contribution >= 0.6 is 11.8 Å². The summed E-state index contributed by atoms with van der Waals surface area (Å²) in [7, 11) is 0. The monoisotopic (exact) mass is 376 g/mol. The van der Waals surface area contributed by atoms with E-state index in [-0.39, 0.29) is 0 Å². The smallest absolute Gasteiger partial charge is 0.236 e. The molecule has 2 nitrogen and oxygen atoms in total. The Labute approximate surface area is 158 Å². The number of benzene rings is 1. The first kappa shape index (κ1) is 19.3. The molecule has 0 amide bonds. The molecule has 0 N–H and O–H groups in total. The molecule has 1 aliphatic rings. The van der Waals surface area contributed by atoms with Gasteiger partial charge < -0.3 is 0 Å². The average Bonchev–Trinajstić information content (AvgIpc) is 2.67. The van der Waals surface area contributed by atoms with E-state index in [1.54, 1.807) is 24.3 Å². The largest absolute Gasteiger partial charge is 0.288 e. The molecular formula is C21H26F2N2S. The molecule has 1 aliphatic carbocycles. The fourth-order valence-electron chi connectivity index (χ4n) is 3.76. The van der Waals surface area contributed by atoms with E-state index < -0.39 is 5.76 Å². The lowest BCUT2D eigenvalue weighted by molar-refractivity contribution is 0.252. The Balaban J connectivity index is 1.58. The van der Waals surface area contributed by atoms with E-state index in [9.17, 15) is 8.78 Å². The molecule has 140 valence electrons. The maximum atomic E-state index is 12.4. The van der Waals surface area contributed by atoms with Gasteiger partial charge in [0.1, 0.15) is 0 Å². The zero-order valence-corrected chi connectivity index (χ0v) is 16.0. The number of halogens is 2. The predicted molar refractivity (Wildman–Crippen MR) is 104 cm³/mol.